The maximum absolute atomic E-state index is 12.8. The molecule has 1 fully saturated rings. The number of unbranched alkanes of at least 4 members (excludes halogenated alkanes) is 2. The normalized spacial score (nSPS) is 18.7. The van der Waals surface area contributed by atoms with E-state index in [1.54, 1.807) is 14.2 Å². The number of amides is 1. The van der Waals surface area contributed by atoms with Gasteiger partial charge < -0.3 is 34.9 Å². The molecular weight excluding hydrogens is 452 g/mol. The number of aromatic nitrogens is 1. The van der Waals surface area contributed by atoms with Gasteiger partial charge in [0.1, 0.15) is 18.0 Å². The first-order valence-electron chi connectivity index (χ1n) is 11.1. The van der Waals surface area contributed by atoms with Gasteiger partial charge >= 0.3 is 5.97 Å². The third-order valence-corrected chi connectivity index (χ3v) is 5.88. The summed E-state index contributed by atoms with van der Waals surface area (Å²) in [4.78, 5) is 30.8. The number of hydrogen-bond acceptors (Lipinski definition) is 9. The van der Waals surface area contributed by atoms with Gasteiger partial charge in [0, 0.05) is 33.7 Å². The fraction of sp³-hybridized carbons (Fsp3) is 0.682. The minimum absolute atomic E-state index is 0.108. The van der Waals surface area contributed by atoms with Crippen molar-refractivity contribution in [3.63, 3.8) is 0 Å². The summed E-state index contributed by atoms with van der Waals surface area (Å²) in [6.07, 6.45) is 3.73. The number of nitrogens with two attached hydrogens (primary N) is 1. The van der Waals surface area contributed by atoms with Gasteiger partial charge in [-0.3, -0.25) is 9.59 Å². The molecule has 3 N–H and O–H groups in total. The van der Waals surface area contributed by atoms with Crippen LogP contribution in [0.4, 0.5) is 5.82 Å². The molecule has 0 aliphatic carbocycles. The van der Waals surface area contributed by atoms with Gasteiger partial charge in [-0.25, -0.2) is 0 Å². The Hall–Kier alpha value is -2.14. The number of anilines is 1. The zero-order valence-corrected chi connectivity index (χ0v) is 20.4. The van der Waals surface area contributed by atoms with Crippen LogP contribution in [-0.4, -0.2) is 88.1 Å². The van der Waals surface area contributed by atoms with Crippen LogP contribution in [0.5, 0.6) is 5.88 Å². The number of rotatable bonds is 13. The Morgan fingerprint density at radius 3 is 2.73 bits per heavy atom. The second kappa shape index (κ2) is 14.2. The van der Waals surface area contributed by atoms with Crippen LogP contribution >= 0.6 is 11.6 Å². The standard InChI is InChI=1S/C22H35ClN4O6/c1-30-11-12-33-19(28)7-5-4-6-9-27-10-8-17(18(14-27)31-2)25-21(29)15-13-16(23)20(24)26-22(15)32-3/h13,17-18H,4-12,14H2,1-3H3,(H2,24,26)(H,25,29)/t17-,18+/m1/s1. The molecule has 0 radical (unpaired) electrons. The van der Waals surface area contributed by atoms with Crippen molar-refractivity contribution in [1.29, 1.82) is 0 Å². The average molecular weight is 487 g/mol. The first-order chi connectivity index (χ1) is 15.9. The molecule has 0 saturated carbocycles. The molecule has 1 amide bonds. The molecule has 33 heavy (non-hydrogen) atoms. The fourth-order valence-corrected chi connectivity index (χ4v) is 3.88. The van der Waals surface area contributed by atoms with Crippen LogP contribution in [0.1, 0.15) is 42.5 Å². The second-order valence-corrected chi connectivity index (χ2v) is 8.29. The summed E-state index contributed by atoms with van der Waals surface area (Å²) in [5.41, 5.74) is 5.93. The number of ether oxygens (including phenoxy) is 4. The van der Waals surface area contributed by atoms with E-state index in [0.29, 0.717) is 26.2 Å². The van der Waals surface area contributed by atoms with Crippen LogP contribution in [0.2, 0.25) is 5.02 Å². The summed E-state index contributed by atoms with van der Waals surface area (Å²) < 4.78 is 20.8. The van der Waals surface area contributed by atoms with E-state index in [1.165, 1.54) is 13.2 Å². The van der Waals surface area contributed by atoms with Crippen molar-refractivity contribution >= 4 is 29.3 Å². The lowest BCUT2D eigenvalue weighted by molar-refractivity contribution is -0.145. The van der Waals surface area contributed by atoms with Crippen molar-refractivity contribution < 1.29 is 28.5 Å². The number of esters is 1. The molecule has 0 unspecified atom stereocenters. The summed E-state index contributed by atoms with van der Waals surface area (Å²) in [7, 11) is 4.64. The summed E-state index contributed by atoms with van der Waals surface area (Å²) in [6.45, 7) is 3.17. The largest absolute Gasteiger partial charge is 0.480 e. The third kappa shape index (κ3) is 8.62. The Morgan fingerprint density at radius 2 is 2.03 bits per heavy atom. The molecule has 0 bridgehead atoms. The molecule has 2 heterocycles. The maximum atomic E-state index is 12.8. The highest BCUT2D eigenvalue weighted by molar-refractivity contribution is 6.33. The number of pyridine rings is 1. The van der Waals surface area contributed by atoms with Gasteiger partial charge in [-0.2, -0.15) is 4.98 Å². The summed E-state index contributed by atoms with van der Waals surface area (Å²) in [5, 5.41) is 3.21. The fourth-order valence-electron chi connectivity index (χ4n) is 3.73. The molecule has 10 nitrogen and oxygen atoms in total. The van der Waals surface area contributed by atoms with Crippen LogP contribution in [0.15, 0.2) is 6.07 Å². The zero-order valence-electron chi connectivity index (χ0n) is 19.6. The number of carbonyl (C=O) groups is 2. The predicted octanol–water partition coefficient (Wildman–Crippen LogP) is 1.89. The van der Waals surface area contributed by atoms with Gasteiger partial charge in [0.25, 0.3) is 5.91 Å². The minimum atomic E-state index is -0.334. The Labute approximate surface area is 200 Å². The van der Waals surface area contributed by atoms with E-state index in [4.69, 9.17) is 36.3 Å². The quantitative estimate of drug-likeness (QED) is 0.317. The number of nitrogens with one attached hydrogen (secondary N) is 1. The number of nitrogen functional groups attached to an aromatic ring is 1. The molecule has 1 aromatic rings. The zero-order chi connectivity index (χ0) is 24.2. The van der Waals surface area contributed by atoms with Crippen molar-refractivity contribution in [3.05, 3.63) is 16.7 Å². The van der Waals surface area contributed by atoms with Crippen molar-refractivity contribution in [2.45, 2.75) is 44.2 Å². The molecule has 1 saturated heterocycles. The number of carbonyl (C=O) groups excluding carboxylic acids is 2. The molecule has 11 heteroatoms. The summed E-state index contributed by atoms with van der Waals surface area (Å²) in [6, 6.07) is 1.31. The highest BCUT2D eigenvalue weighted by atomic mass is 35.5. The van der Waals surface area contributed by atoms with E-state index in [-0.39, 0.29) is 46.3 Å². The topological polar surface area (TPSA) is 125 Å². The Morgan fingerprint density at radius 1 is 1.24 bits per heavy atom. The van der Waals surface area contributed by atoms with Gasteiger partial charge in [-0.1, -0.05) is 18.0 Å². The van der Waals surface area contributed by atoms with Crippen molar-refractivity contribution in [1.82, 2.24) is 15.2 Å². The highest BCUT2D eigenvalue weighted by Gasteiger charge is 2.31. The SMILES string of the molecule is COCCOC(=O)CCCCCN1CC[C@@H](NC(=O)c2cc(Cl)c(N)nc2OC)[C@@H](OC)C1. The summed E-state index contributed by atoms with van der Waals surface area (Å²) >= 11 is 6.04. The molecule has 2 atom stereocenters. The molecule has 1 aliphatic heterocycles. The van der Waals surface area contributed by atoms with Gasteiger partial charge in [-0.05, 0) is 31.9 Å². The highest BCUT2D eigenvalue weighted by Crippen LogP contribution is 2.25. The van der Waals surface area contributed by atoms with Crippen LogP contribution < -0.4 is 15.8 Å². The van der Waals surface area contributed by atoms with E-state index in [1.807, 2.05) is 0 Å². The lowest BCUT2D eigenvalue weighted by atomic mass is 10.0. The number of likely N-dealkylation sites (tertiary alicyclic amines) is 1. The molecular formula is C22H35ClN4O6. The van der Waals surface area contributed by atoms with Crippen molar-refractivity contribution in [2.75, 3.05) is 59.9 Å². The molecule has 0 spiro atoms. The Balaban J connectivity index is 1.76. The van der Waals surface area contributed by atoms with Crippen LogP contribution in [-0.2, 0) is 19.0 Å². The Kier molecular flexibility index (Phi) is 11.7. The summed E-state index contributed by atoms with van der Waals surface area (Å²) in [5.74, 6) is -0.282. The first-order valence-corrected chi connectivity index (χ1v) is 11.5. The van der Waals surface area contributed by atoms with Crippen LogP contribution in [0.25, 0.3) is 0 Å². The maximum Gasteiger partial charge on any atom is 0.305 e. The van der Waals surface area contributed by atoms with E-state index >= 15 is 0 Å². The Bertz CT molecular complexity index is 781. The van der Waals surface area contributed by atoms with E-state index in [9.17, 15) is 9.59 Å². The van der Waals surface area contributed by atoms with Gasteiger partial charge in [-0.15, -0.1) is 0 Å². The first kappa shape index (κ1) is 27.1. The van der Waals surface area contributed by atoms with Gasteiger partial charge in [0.2, 0.25) is 5.88 Å². The van der Waals surface area contributed by atoms with Crippen molar-refractivity contribution in [3.8, 4) is 5.88 Å². The molecule has 2 rings (SSSR count). The van der Waals surface area contributed by atoms with Crippen LogP contribution in [0.3, 0.4) is 0 Å². The van der Waals surface area contributed by atoms with E-state index < -0.39 is 0 Å². The monoisotopic (exact) mass is 486 g/mol. The predicted molar refractivity (Wildman–Crippen MR) is 125 cm³/mol. The van der Waals surface area contributed by atoms with Crippen LogP contribution in [0, 0.1) is 0 Å². The number of hydrogen-bond donors (Lipinski definition) is 2. The number of nitrogens with zero attached hydrogens (tertiary/aromatic N) is 2. The lowest BCUT2D eigenvalue weighted by Crippen LogP contribution is -2.54. The smallest absolute Gasteiger partial charge is 0.305 e. The molecule has 186 valence electrons. The van der Waals surface area contributed by atoms with E-state index in [2.05, 4.69) is 15.2 Å². The van der Waals surface area contributed by atoms with Crippen molar-refractivity contribution in [2.24, 2.45) is 0 Å². The number of methoxy groups -OCH3 is 3. The minimum Gasteiger partial charge on any atom is -0.480 e. The number of halogens is 1. The molecule has 1 aromatic heterocycles. The number of piperidine rings is 1. The van der Waals surface area contributed by atoms with Gasteiger partial charge in [0.05, 0.1) is 30.9 Å². The molecule has 0 aromatic carbocycles. The second-order valence-electron chi connectivity index (χ2n) is 7.88. The third-order valence-electron chi connectivity index (χ3n) is 5.57. The van der Waals surface area contributed by atoms with E-state index in [0.717, 1.165) is 38.8 Å². The van der Waals surface area contributed by atoms with Gasteiger partial charge in [0.15, 0.2) is 0 Å². The lowest BCUT2D eigenvalue weighted by Gasteiger charge is -2.38. The average Bonchev–Trinajstić information content (AvgIpc) is 2.81. The molecule has 1 aliphatic rings.